The molecule has 1 aliphatic heterocycles. The van der Waals surface area contributed by atoms with Gasteiger partial charge in [0.05, 0.1) is 6.26 Å². The lowest BCUT2D eigenvalue weighted by Crippen LogP contribution is -2.53. The summed E-state index contributed by atoms with van der Waals surface area (Å²) in [6.07, 6.45) is 3.05. The van der Waals surface area contributed by atoms with E-state index < -0.39 is 6.04 Å². The SMILES string of the molecule is C[C@H]1C[C@H](C)CN(C(=O)[C@H](Cc2ccccc2)NC(=O)c2ccco2)C1. The zero-order valence-electron chi connectivity index (χ0n) is 15.4. The Bertz CT molecular complexity index is 717. The normalized spacial score (nSPS) is 21.2. The number of hydrogen-bond acceptors (Lipinski definition) is 3. The minimum absolute atomic E-state index is 0.0211. The second-order valence-electron chi connectivity index (χ2n) is 7.38. The number of piperidine rings is 1. The van der Waals surface area contributed by atoms with Crippen molar-refractivity contribution in [1.82, 2.24) is 10.2 Å². The summed E-state index contributed by atoms with van der Waals surface area (Å²) < 4.78 is 5.17. The van der Waals surface area contributed by atoms with Crippen molar-refractivity contribution in [3.8, 4) is 0 Å². The van der Waals surface area contributed by atoms with E-state index in [0.29, 0.717) is 18.3 Å². The van der Waals surface area contributed by atoms with Crippen LogP contribution in [-0.4, -0.2) is 35.8 Å². The summed E-state index contributed by atoms with van der Waals surface area (Å²) in [7, 11) is 0. The first-order valence-corrected chi connectivity index (χ1v) is 9.20. The lowest BCUT2D eigenvalue weighted by molar-refractivity contribution is -0.135. The number of nitrogens with zero attached hydrogens (tertiary/aromatic N) is 1. The fourth-order valence-electron chi connectivity index (χ4n) is 3.75. The molecule has 3 rings (SSSR count). The molecular weight excluding hydrogens is 328 g/mol. The fraction of sp³-hybridized carbons (Fsp3) is 0.429. The van der Waals surface area contributed by atoms with Crippen LogP contribution in [0.1, 0.15) is 36.4 Å². The summed E-state index contributed by atoms with van der Waals surface area (Å²) >= 11 is 0. The molecule has 1 fully saturated rings. The van der Waals surface area contributed by atoms with Gasteiger partial charge in [-0.3, -0.25) is 9.59 Å². The molecule has 0 bridgehead atoms. The van der Waals surface area contributed by atoms with E-state index in [2.05, 4.69) is 19.2 Å². The zero-order valence-corrected chi connectivity index (χ0v) is 15.4. The Balaban J connectivity index is 1.77. The molecule has 0 aliphatic carbocycles. The van der Waals surface area contributed by atoms with Crippen LogP contribution in [0.3, 0.4) is 0 Å². The van der Waals surface area contributed by atoms with Gasteiger partial charge in [-0.15, -0.1) is 0 Å². The number of rotatable bonds is 5. The van der Waals surface area contributed by atoms with Crippen LogP contribution in [0.4, 0.5) is 0 Å². The molecule has 2 heterocycles. The summed E-state index contributed by atoms with van der Waals surface area (Å²) in [4.78, 5) is 27.5. The van der Waals surface area contributed by atoms with E-state index >= 15 is 0 Å². The molecule has 138 valence electrons. The van der Waals surface area contributed by atoms with Crippen LogP contribution in [0.15, 0.2) is 53.1 Å². The fourth-order valence-corrected chi connectivity index (χ4v) is 3.75. The Morgan fingerprint density at radius 2 is 1.81 bits per heavy atom. The number of likely N-dealkylation sites (tertiary alicyclic amines) is 1. The molecule has 1 aromatic carbocycles. The lowest BCUT2D eigenvalue weighted by atomic mass is 9.91. The molecule has 5 nitrogen and oxygen atoms in total. The van der Waals surface area contributed by atoms with Gasteiger partial charge >= 0.3 is 0 Å². The van der Waals surface area contributed by atoms with Gasteiger partial charge in [-0.1, -0.05) is 44.2 Å². The number of benzene rings is 1. The van der Waals surface area contributed by atoms with Gasteiger partial charge in [-0.05, 0) is 36.0 Å². The monoisotopic (exact) mass is 354 g/mol. The van der Waals surface area contributed by atoms with Crippen molar-refractivity contribution in [2.75, 3.05) is 13.1 Å². The molecule has 1 saturated heterocycles. The molecule has 2 aromatic rings. The van der Waals surface area contributed by atoms with Crippen LogP contribution in [0.5, 0.6) is 0 Å². The summed E-state index contributed by atoms with van der Waals surface area (Å²) in [6, 6.07) is 12.4. The topological polar surface area (TPSA) is 62.6 Å². The molecule has 1 aliphatic rings. The van der Waals surface area contributed by atoms with Gasteiger partial charge in [0.15, 0.2) is 5.76 Å². The highest BCUT2D eigenvalue weighted by molar-refractivity contribution is 5.95. The highest BCUT2D eigenvalue weighted by Crippen LogP contribution is 2.22. The Hall–Kier alpha value is -2.56. The van der Waals surface area contributed by atoms with Crippen molar-refractivity contribution >= 4 is 11.8 Å². The minimum atomic E-state index is -0.604. The first-order valence-electron chi connectivity index (χ1n) is 9.20. The van der Waals surface area contributed by atoms with Crippen molar-refractivity contribution in [2.24, 2.45) is 11.8 Å². The van der Waals surface area contributed by atoms with E-state index in [1.165, 1.54) is 6.26 Å². The Labute approximate surface area is 154 Å². The van der Waals surface area contributed by atoms with Crippen LogP contribution in [0, 0.1) is 11.8 Å². The molecule has 1 N–H and O–H groups in total. The lowest BCUT2D eigenvalue weighted by Gasteiger charge is -2.37. The first kappa shape index (κ1) is 18.2. The van der Waals surface area contributed by atoms with Crippen molar-refractivity contribution in [3.63, 3.8) is 0 Å². The summed E-state index contributed by atoms with van der Waals surface area (Å²) in [6.45, 7) is 5.82. The minimum Gasteiger partial charge on any atom is -0.459 e. The van der Waals surface area contributed by atoms with Gasteiger partial charge in [0.25, 0.3) is 5.91 Å². The van der Waals surface area contributed by atoms with E-state index in [4.69, 9.17) is 4.42 Å². The maximum atomic E-state index is 13.2. The van der Waals surface area contributed by atoms with Crippen molar-refractivity contribution in [3.05, 3.63) is 60.1 Å². The molecule has 2 amide bonds. The van der Waals surface area contributed by atoms with E-state index in [1.54, 1.807) is 12.1 Å². The number of carbonyl (C=O) groups is 2. The van der Waals surface area contributed by atoms with Crippen molar-refractivity contribution in [2.45, 2.75) is 32.7 Å². The second-order valence-corrected chi connectivity index (χ2v) is 7.38. The predicted molar refractivity (Wildman–Crippen MR) is 99.6 cm³/mol. The highest BCUT2D eigenvalue weighted by atomic mass is 16.3. The highest BCUT2D eigenvalue weighted by Gasteiger charge is 2.31. The Morgan fingerprint density at radius 3 is 2.42 bits per heavy atom. The first-order chi connectivity index (χ1) is 12.5. The molecule has 0 radical (unpaired) electrons. The standard InChI is InChI=1S/C21H26N2O3/c1-15-11-16(2)14-23(13-15)21(25)18(12-17-7-4-3-5-8-17)22-20(24)19-9-6-10-26-19/h3-10,15-16,18H,11-14H2,1-2H3,(H,22,24)/t15-,16-,18-/m0/s1. The molecule has 1 aromatic heterocycles. The quantitative estimate of drug-likeness (QED) is 0.897. The number of hydrogen-bond donors (Lipinski definition) is 1. The summed E-state index contributed by atoms with van der Waals surface area (Å²) in [5.74, 6) is 0.785. The average Bonchev–Trinajstić information content (AvgIpc) is 3.15. The smallest absolute Gasteiger partial charge is 0.287 e. The van der Waals surface area contributed by atoms with Crippen LogP contribution >= 0.6 is 0 Å². The van der Waals surface area contributed by atoms with Crippen LogP contribution in [0.25, 0.3) is 0 Å². The predicted octanol–water partition coefficient (Wildman–Crippen LogP) is 3.13. The number of furan rings is 1. The van der Waals surface area contributed by atoms with Crippen LogP contribution < -0.4 is 5.32 Å². The summed E-state index contributed by atoms with van der Waals surface area (Å²) in [5.41, 5.74) is 1.02. The van der Waals surface area contributed by atoms with Crippen LogP contribution in [-0.2, 0) is 11.2 Å². The third-order valence-electron chi connectivity index (χ3n) is 4.81. The maximum Gasteiger partial charge on any atom is 0.287 e. The maximum absolute atomic E-state index is 13.2. The number of carbonyl (C=O) groups excluding carboxylic acids is 2. The van der Waals surface area contributed by atoms with E-state index in [0.717, 1.165) is 25.1 Å². The Morgan fingerprint density at radius 1 is 1.12 bits per heavy atom. The molecule has 5 heteroatoms. The Kier molecular flexibility index (Phi) is 5.76. The summed E-state index contributed by atoms with van der Waals surface area (Å²) in [5, 5.41) is 2.87. The molecule has 3 atom stereocenters. The number of amides is 2. The second kappa shape index (κ2) is 8.21. The third kappa shape index (κ3) is 4.54. The van der Waals surface area contributed by atoms with Gasteiger partial charge in [-0.2, -0.15) is 0 Å². The number of nitrogens with one attached hydrogen (secondary N) is 1. The van der Waals surface area contributed by atoms with Gasteiger partial charge in [0.1, 0.15) is 6.04 Å². The third-order valence-corrected chi connectivity index (χ3v) is 4.81. The molecule has 0 spiro atoms. The molecule has 26 heavy (non-hydrogen) atoms. The van der Waals surface area contributed by atoms with Gasteiger partial charge in [0, 0.05) is 19.5 Å². The van der Waals surface area contributed by atoms with Gasteiger partial charge in [-0.25, -0.2) is 0 Å². The van der Waals surface area contributed by atoms with Gasteiger partial charge in [0.2, 0.25) is 5.91 Å². The van der Waals surface area contributed by atoms with E-state index in [-0.39, 0.29) is 17.6 Å². The average molecular weight is 354 g/mol. The van der Waals surface area contributed by atoms with E-state index in [1.807, 2.05) is 35.2 Å². The largest absolute Gasteiger partial charge is 0.459 e. The van der Waals surface area contributed by atoms with Crippen molar-refractivity contribution in [1.29, 1.82) is 0 Å². The zero-order chi connectivity index (χ0) is 18.5. The molecule has 0 saturated carbocycles. The van der Waals surface area contributed by atoms with Crippen LogP contribution in [0.2, 0.25) is 0 Å². The van der Waals surface area contributed by atoms with Gasteiger partial charge < -0.3 is 14.6 Å². The van der Waals surface area contributed by atoms with Crippen molar-refractivity contribution < 1.29 is 14.0 Å². The van der Waals surface area contributed by atoms with E-state index in [9.17, 15) is 9.59 Å². The molecule has 0 unspecified atom stereocenters. The molecular formula is C21H26N2O3.